The number of halogens is 2. The lowest BCUT2D eigenvalue weighted by Gasteiger charge is -2.34. The first-order valence-corrected chi connectivity index (χ1v) is 8.48. The van der Waals surface area contributed by atoms with Crippen LogP contribution in [0.4, 0.5) is 0 Å². The van der Waals surface area contributed by atoms with Gasteiger partial charge in [-0.2, -0.15) is 0 Å². The Hall–Kier alpha value is -1.26. The second-order valence-electron chi connectivity index (χ2n) is 6.32. The lowest BCUT2D eigenvalue weighted by Crippen LogP contribution is -2.44. The van der Waals surface area contributed by atoms with Gasteiger partial charge in [-0.25, -0.2) is 0 Å². The van der Waals surface area contributed by atoms with Crippen molar-refractivity contribution < 1.29 is 14.3 Å². The number of rotatable bonds is 4. The van der Waals surface area contributed by atoms with Crippen LogP contribution in [0.3, 0.4) is 0 Å². The third-order valence-electron chi connectivity index (χ3n) is 3.93. The Morgan fingerprint density at radius 1 is 1.22 bits per heavy atom. The Bertz CT molecular complexity index is 581. The van der Waals surface area contributed by atoms with Crippen LogP contribution in [0, 0.1) is 11.8 Å². The van der Waals surface area contributed by atoms with E-state index in [9.17, 15) is 9.59 Å². The molecule has 1 aliphatic rings. The van der Waals surface area contributed by atoms with Crippen molar-refractivity contribution in [1.29, 1.82) is 0 Å². The molecule has 0 aromatic heterocycles. The van der Waals surface area contributed by atoms with Gasteiger partial charge in [-0.05, 0) is 36.0 Å². The van der Waals surface area contributed by atoms with Gasteiger partial charge in [0.15, 0.2) is 6.61 Å². The predicted molar refractivity (Wildman–Crippen MR) is 90.7 cm³/mol. The molecule has 126 valence electrons. The fraction of sp³-hybridized carbons (Fsp3) is 0.529. The molecule has 0 bridgehead atoms. The number of nitrogens with zero attached hydrogens (tertiary/aromatic N) is 1. The van der Waals surface area contributed by atoms with E-state index in [1.54, 1.807) is 23.1 Å². The van der Waals surface area contributed by atoms with E-state index in [1.165, 1.54) is 0 Å². The van der Waals surface area contributed by atoms with Crippen LogP contribution < -0.4 is 0 Å². The standard InChI is InChI=1S/C17H21Cl2NO3/c1-11-5-12(2)9-20(8-11)16(21)10-23-17(22)6-13-3-4-14(18)7-15(13)19/h3-4,7,11-12H,5-6,8-10H2,1-2H3/t11-,12-/m0/s1. The number of hydrogen-bond acceptors (Lipinski definition) is 3. The SMILES string of the molecule is C[C@H]1C[C@H](C)CN(C(=O)COC(=O)Cc2ccc(Cl)cc2Cl)C1. The van der Waals surface area contributed by atoms with Crippen molar-refractivity contribution >= 4 is 35.1 Å². The molecule has 23 heavy (non-hydrogen) atoms. The van der Waals surface area contributed by atoms with Crippen LogP contribution >= 0.6 is 23.2 Å². The molecule has 6 heteroatoms. The lowest BCUT2D eigenvalue weighted by atomic mass is 9.92. The van der Waals surface area contributed by atoms with Gasteiger partial charge < -0.3 is 9.64 Å². The van der Waals surface area contributed by atoms with Crippen LogP contribution in [0.1, 0.15) is 25.8 Å². The Morgan fingerprint density at radius 3 is 2.48 bits per heavy atom. The summed E-state index contributed by atoms with van der Waals surface area (Å²) in [6, 6.07) is 4.92. The lowest BCUT2D eigenvalue weighted by molar-refractivity contribution is -0.152. The molecule has 1 aromatic carbocycles. The molecule has 1 aliphatic heterocycles. The highest BCUT2D eigenvalue weighted by molar-refractivity contribution is 6.35. The summed E-state index contributed by atoms with van der Waals surface area (Å²) in [5.74, 6) is 0.345. The fourth-order valence-corrected chi connectivity index (χ4v) is 3.45. The smallest absolute Gasteiger partial charge is 0.310 e. The average molecular weight is 358 g/mol. The first kappa shape index (κ1) is 18.1. The molecule has 0 radical (unpaired) electrons. The van der Waals surface area contributed by atoms with Crippen LogP contribution in [-0.4, -0.2) is 36.5 Å². The molecule has 0 N–H and O–H groups in total. The molecule has 2 atom stereocenters. The second-order valence-corrected chi connectivity index (χ2v) is 7.16. The minimum absolute atomic E-state index is 0.0239. The number of benzene rings is 1. The second kappa shape index (κ2) is 8.02. The normalized spacial score (nSPS) is 21.1. The summed E-state index contributed by atoms with van der Waals surface area (Å²) in [4.78, 5) is 25.8. The van der Waals surface area contributed by atoms with E-state index in [-0.39, 0.29) is 18.9 Å². The van der Waals surface area contributed by atoms with Crippen LogP contribution in [-0.2, 0) is 20.7 Å². The predicted octanol–water partition coefficient (Wildman–Crippen LogP) is 3.58. The van der Waals surface area contributed by atoms with Crippen LogP contribution in [0.25, 0.3) is 0 Å². The molecular formula is C17H21Cl2NO3. The summed E-state index contributed by atoms with van der Waals surface area (Å²) >= 11 is 11.8. The Kier molecular flexibility index (Phi) is 6.31. The largest absolute Gasteiger partial charge is 0.455 e. The summed E-state index contributed by atoms with van der Waals surface area (Å²) in [7, 11) is 0. The Balaban J connectivity index is 1.83. The van der Waals surface area contributed by atoms with Crippen LogP contribution in [0.15, 0.2) is 18.2 Å². The Labute approximate surface area is 146 Å². The number of piperidine rings is 1. The monoisotopic (exact) mass is 357 g/mol. The van der Waals surface area contributed by atoms with Gasteiger partial charge in [0.1, 0.15) is 0 Å². The minimum atomic E-state index is -0.472. The van der Waals surface area contributed by atoms with Crippen LogP contribution in [0.2, 0.25) is 10.0 Å². The van der Waals surface area contributed by atoms with Crippen molar-refractivity contribution in [2.75, 3.05) is 19.7 Å². The summed E-state index contributed by atoms with van der Waals surface area (Å²) in [5.41, 5.74) is 0.633. The molecule has 4 nitrogen and oxygen atoms in total. The van der Waals surface area contributed by atoms with E-state index in [0.29, 0.717) is 27.4 Å². The maximum absolute atomic E-state index is 12.2. The zero-order valence-electron chi connectivity index (χ0n) is 13.4. The highest BCUT2D eigenvalue weighted by Gasteiger charge is 2.25. The van der Waals surface area contributed by atoms with E-state index >= 15 is 0 Å². The highest BCUT2D eigenvalue weighted by Crippen LogP contribution is 2.22. The molecule has 1 amide bonds. The van der Waals surface area contributed by atoms with Crippen molar-refractivity contribution in [2.45, 2.75) is 26.7 Å². The molecule has 1 fully saturated rings. The van der Waals surface area contributed by atoms with E-state index in [2.05, 4.69) is 13.8 Å². The number of carbonyl (C=O) groups excluding carboxylic acids is 2. The number of ether oxygens (including phenoxy) is 1. The molecule has 1 heterocycles. The summed E-state index contributed by atoms with van der Waals surface area (Å²) in [6.07, 6.45) is 1.15. The first-order valence-electron chi connectivity index (χ1n) is 7.72. The van der Waals surface area contributed by atoms with Gasteiger partial charge >= 0.3 is 5.97 Å². The summed E-state index contributed by atoms with van der Waals surface area (Å²) < 4.78 is 5.09. The molecule has 1 aromatic rings. The number of likely N-dealkylation sites (tertiary alicyclic amines) is 1. The van der Waals surface area contributed by atoms with Gasteiger partial charge in [-0.3, -0.25) is 9.59 Å². The topological polar surface area (TPSA) is 46.6 Å². The van der Waals surface area contributed by atoms with Gasteiger partial charge in [0.25, 0.3) is 5.91 Å². The van der Waals surface area contributed by atoms with Crippen molar-refractivity contribution in [2.24, 2.45) is 11.8 Å². The van der Waals surface area contributed by atoms with Crippen molar-refractivity contribution in [3.63, 3.8) is 0 Å². The zero-order chi connectivity index (χ0) is 17.0. The molecule has 0 unspecified atom stereocenters. The van der Waals surface area contributed by atoms with Crippen molar-refractivity contribution in [3.05, 3.63) is 33.8 Å². The van der Waals surface area contributed by atoms with Crippen molar-refractivity contribution in [1.82, 2.24) is 4.90 Å². The molecule has 0 aliphatic carbocycles. The van der Waals surface area contributed by atoms with E-state index < -0.39 is 5.97 Å². The summed E-state index contributed by atoms with van der Waals surface area (Å²) in [5, 5.41) is 0.926. The third-order valence-corrected chi connectivity index (χ3v) is 4.52. The number of carbonyl (C=O) groups is 2. The van der Waals surface area contributed by atoms with Gasteiger partial charge in [0.05, 0.1) is 6.42 Å². The molecule has 1 saturated heterocycles. The minimum Gasteiger partial charge on any atom is -0.455 e. The van der Waals surface area contributed by atoms with Gasteiger partial charge in [-0.15, -0.1) is 0 Å². The van der Waals surface area contributed by atoms with Gasteiger partial charge in [-0.1, -0.05) is 43.1 Å². The molecule has 2 rings (SSSR count). The van der Waals surface area contributed by atoms with Crippen LogP contribution in [0.5, 0.6) is 0 Å². The molecular weight excluding hydrogens is 337 g/mol. The van der Waals surface area contributed by atoms with E-state index in [0.717, 1.165) is 19.5 Å². The fourth-order valence-electron chi connectivity index (χ4n) is 2.97. The molecule has 0 spiro atoms. The average Bonchev–Trinajstić information content (AvgIpc) is 2.46. The van der Waals surface area contributed by atoms with Gasteiger partial charge in [0.2, 0.25) is 0 Å². The highest BCUT2D eigenvalue weighted by atomic mass is 35.5. The maximum atomic E-state index is 12.2. The summed E-state index contributed by atoms with van der Waals surface area (Å²) in [6.45, 7) is 5.49. The third kappa shape index (κ3) is 5.40. The molecule has 0 saturated carbocycles. The first-order chi connectivity index (χ1) is 10.8. The number of esters is 1. The maximum Gasteiger partial charge on any atom is 0.310 e. The number of amides is 1. The Morgan fingerprint density at radius 2 is 1.87 bits per heavy atom. The number of hydrogen-bond donors (Lipinski definition) is 0. The quantitative estimate of drug-likeness (QED) is 0.773. The van der Waals surface area contributed by atoms with Gasteiger partial charge in [0, 0.05) is 23.1 Å². The van der Waals surface area contributed by atoms with Crippen molar-refractivity contribution in [3.8, 4) is 0 Å². The zero-order valence-corrected chi connectivity index (χ0v) is 14.9. The van der Waals surface area contributed by atoms with E-state index in [4.69, 9.17) is 27.9 Å². The van der Waals surface area contributed by atoms with E-state index in [1.807, 2.05) is 0 Å².